The van der Waals surface area contributed by atoms with Gasteiger partial charge in [-0.25, -0.2) is 4.79 Å². The molecule has 84 valence electrons. The van der Waals surface area contributed by atoms with Crippen LogP contribution in [0.2, 0.25) is 5.02 Å². The predicted octanol–water partition coefficient (Wildman–Crippen LogP) is 1.65. The number of fused-ring (bicyclic) bond motifs is 1. The number of H-pyrrole nitrogens is 1. The Bertz CT molecular complexity index is 625. The first-order valence-corrected chi connectivity index (χ1v) is 5.23. The number of carbonyl (C=O) groups is 1. The van der Waals surface area contributed by atoms with Gasteiger partial charge in [0.15, 0.2) is 0 Å². The zero-order valence-electron chi connectivity index (χ0n) is 9.00. The lowest BCUT2D eigenvalue weighted by molar-refractivity contribution is -0.116. The van der Waals surface area contributed by atoms with Gasteiger partial charge in [0.25, 0.3) is 0 Å². The van der Waals surface area contributed by atoms with Gasteiger partial charge >= 0.3 is 5.69 Å². The van der Waals surface area contributed by atoms with Crippen LogP contribution >= 0.6 is 11.6 Å². The van der Waals surface area contributed by atoms with E-state index in [-0.39, 0.29) is 17.9 Å². The lowest BCUT2D eigenvalue weighted by Crippen LogP contribution is -2.11. The van der Waals surface area contributed by atoms with Gasteiger partial charge in [0.05, 0.1) is 11.0 Å². The van der Waals surface area contributed by atoms with E-state index in [1.54, 1.807) is 19.2 Å². The second-order valence-electron chi connectivity index (χ2n) is 3.83. The molecule has 0 aliphatic rings. The maximum Gasteiger partial charge on any atom is 0.326 e. The number of aryl methyl sites for hydroxylation is 1. The van der Waals surface area contributed by atoms with Crippen LogP contribution < -0.4 is 5.69 Å². The molecule has 2 aromatic rings. The molecule has 2 rings (SSSR count). The number of imidazole rings is 1. The number of nitrogens with zero attached hydrogens (tertiary/aromatic N) is 1. The van der Waals surface area contributed by atoms with Crippen LogP contribution in [0.15, 0.2) is 16.9 Å². The monoisotopic (exact) mass is 238 g/mol. The van der Waals surface area contributed by atoms with Crippen molar-refractivity contribution < 1.29 is 4.79 Å². The molecule has 0 aliphatic heterocycles. The van der Waals surface area contributed by atoms with Gasteiger partial charge in [-0.1, -0.05) is 11.6 Å². The molecule has 0 saturated carbocycles. The molecule has 16 heavy (non-hydrogen) atoms. The van der Waals surface area contributed by atoms with Gasteiger partial charge in [0.2, 0.25) is 0 Å². The molecule has 0 saturated heterocycles. The second-order valence-corrected chi connectivity index (χ2v) is 4.24. The highest BCUT2D eigenvalue weighted by atomic mass is 35.5. The molecule has 0 spiro atoms. The second kappa shape index (κ2) is 3.79. The Kier molecular flexibility index (Phi) is 2.59. The predicted molar refractivity (Wildman–Crippen MR) is 62.9 cm³/mol. The molecule has 0 atom stereocenters. The highest BCUT2D eigenvalue weighted by molar-refractivity contribution is 6.32. The smallest absolute Gasteiger partial charge is 0.305 e. The van der Waals surface area contributed by atoms with Crippen molar-refractivity contribution in [1.29, 1.82) is 0 Å². The van der Waals surface area contributed by atoms with E-state index in [9.17, 15) is 9.59 Å². The Balaban J connectivity index is 2.68. The largest absolute Gasteiger partial charge is 0.326 e. The Hall–Kier alpha value is -1.55. The first-order valence-electron chi connectivity index (χ1n) is 4.85. The van der Waals surface area contributed by atoms with Crippen molar-refractivity contribution in [3.63, 3.8) is 0 Å². The van der Waals surface area contributed by atoms with Gasteiger partial charge in [-0.3, -0.25) is 9.36 Å². The molecule has 0 unspecified atom stereocenters. The van der Waals surface area contributed by atoms with E-state index in [2.05, 4.69) is 4.98 Å². The summed E-state index contributed by atoms with van der Waals surface area (Å²) >= 11 is 6.03. The molecule has 1 heterocycles. The summed E-state index contributed by atoms with van der Waals surface area (Å²) in [5.41, 5.74) is 2.00. The van der Waals surface area contributed by atoms with Gasteiger partial charge in [-0.2, -0.15) is 0 Å². The Morgan fingerprint density at radius 3 is 2.81 bits per heavy atom. The Labute approximate surface area is 96.8 Å². The fourth-order valence-corrected chi connectivity index (χ4v) is 1.93. The molecule has 1 aromatic carbocycles. The van der Waals surface area contributed by atoms with Gasteiger partial charge in [-0.15, -0.1) is 0 Å². The van der Waals surface area contributed by atoms with Crippen molar-refractivity contribution in [3.05, 3.63) is 33.2 Å². The van der Waals surface area contributed by atoms with Crippen LogP contribution in [0.1, 0.15) is 12.5 Å². The number of rotatable bonds is 2. The van der Waals surface area contributed by atoms with Gasteiger partial charge < -0.3 is 4.98 Å². The number of carbonyl (C=O) groups excluding carboxylic acids is 1. The van der Waals surface area contributed by atoms with E-state index in [0.29, 0.717) is 10.5 Å². The van der Waals surface area contributed by atoms with E-state index in [0.717, 1.165) is 11.1 Å². The summed E-state index contributed by atoms with van der Waals surface area (Å²) in [6.07, 6.45) is 0.286. The van der Waals surface area contributed by atoms with Gasteiger partial charge in [-0.05, 0) is 24.6 Å². The summed E-state index contributed by atoms with van der Waals surface area (Å²) < 4.78 is 1.50. The first kappa shape index (κ1) is 11.0. The average Bonchev–Trinajstić information content (AvgIpc) is 2.44. The normalized spacial score (nSPS) is 10.9. The van der Waals surface area contributed by atoms with Crippen molar-refractivity contribution in [3.8, 4) is 0 Å². The van der Waals surface area contributed by atoms with Crippen LogP contribution in [0.5, 0.6) is 0 Å². The highest BCUT2D eigenvalue weighted by Gasteiger charge is 2.09. The van der Waals surface area contributed by atoms with E-state index in [4.69, 9.17) is 11.6 Å². The number of hydrogen-bond donors (Lipinski definition) is 1. The topological polar surface area (TPSA) is 54.9 Å². The number of aromatic amines is 1. The highest BCUT2D eigenvalue weighted by Crippen LogP contribution is 2.22. The molecule has 0 amide bonds. The summed E-state index contributed by atoms with van der Waals surface area (Å²) in [5.74, 6) is 0.0433. The Morgan fingerprint density at radius 1 is 1.50 bits per heavy atom. The fourth-order valence-electron chi connectivity index (χ4n) is 1.69. The maximum absolute atomic E-state index is 11.4. The lowest BCUT2D eigenvalue weighted by atomic mass is 10.1. The van der Waals surface area contributed by atoms with Crippen molar-refractivity contribution in [1.82, 2.24) is 9.55 Å². The van der Waals surface area contributed by atoms with Crippen LogP contribution in [0, 0.1) is 0 Å². The SMILES string of the molecule is CC(=O)Cc1cc2c(cc1Cl)[nH]c(=O)n2C. The summed E-state index contributed by atoms with van der Waals surface area (Å²) in [4.78, 5) is 25.1. The summed E-state index contributed by atoms with van der Waals surface area (Å²) in [6.45, 7) is 1.51. The number of hydrogen-bond acceptors (Lipinski definition) is 2. The van der Waals surface area contributed by atoms with Crippen molar-refractivity contribution in [2.75, 3.05) is 0 Å². The number of benzene rings is 1. The number of aromatic nitrogens is 2. The standard InChI is InChI=1S/C11H11ClN2O2/c1-6(15)3-7-4-10-9(5-8(7)12)13-11(16)14(10)2/h4-5H,3H2,1-2H3,(H,13,16). The number of ketones is 1. The van der Waals surface area contributed by atoms with E-state index in [1.165, 1.54) is 11.5 Å². The summed E-state index contributed by atoms with van der Waals surface area (Å²) in [6, 6.07) is 3.45. The average molecular weight is 239 g/mol. The molecule has 0 fully saturated rings. The molecule has 1 aromatic heterocycles. The van der Waals surface area contributed by atoms with Gasteiger partial charge in [0.1, 0.15) is 5.78 Å². The molecular weight excluding hydrogens is 228 g/mol. The van der Waals surface area contributed by atoms with E-state index < -0.39 is 0 Å². The zero-order chi connectivity index (χ0) is 11.9. The van der Waals surface area contributed by atoms with Crippen LogP contribution in [0.3, 0.4) is 0 Å². The van der Waals surface area contributed by atoms with E-state index in [1.807, 2.05) is 0 Å². The molecule has 1 N–H and O–H groups in total. The lowest BCUT2D eigenvalue weighted by Gasteiger charge is -2.02. The van der Waals surface area contributed by atoms with E-state index >= 15 is 0 Å². The van der Waals surface area contributed by atoms with Gasteiger partial charge in [0, 0.05) is 18.5 Å². The van der Waals surface area contributed by atoms with Crippen molar-refractivity contribution in [2.24, 2.45) is 7.05 Å². The quantitative estimate of drug-likeness (QED) is 0.865. The van der Waals surface area contributed by atoms with Crippen LogP contribution in [0.25, 0.3) is 11.0 Å². The van der Waals surface area contributed by atoms with Crippen molar-refractivity contribution >= 4 is 28.4 Å². The third kappa shape index (κ3) is 1.76. The molecule has 0 bridgehead atoms. The molecule has 5 heteroatoms. The third-order valence-electron chi connectivity index (χ3n) is 2.51. The number of nitrogens with one attached hydrogen (secondary N) is 1. The Morgan fingerprint density at radius 2 is 2.19 bits per heavy atom. The summed E-state index contributed by atoms with van der Waals surface area (Å²) in [5, 5.41) is 0.504. The van der Waals surface area contributed by atoms with Crippen LogP contribution in [-0.4, -0.2) is 15.3 Å². The maximum atomic E-state index is 11.4. The first-order chi connectivity index (χ1) is 7.49. The van der Waals surface area contributed by atoms with Crippen molar-refractivity contribution in [2.45, 2.75) is 13.3 Å². The minimum atomic E-state index is -0.189. The fraction of sp³-hybridized carbons (Fsp3) is 0.273. The van der Waals surface area contributed by atoms with Crippen LogP contribution in [-0.2, 0) is 18.3 Å². The molecule has 0 aliphatic carbocycles. The minimum absolute atomic E-state index is 0.0433. The number of Topliss-reactive ketones (excluding diaryl/α,β-unsaturated/α-hetero) is 1. The minimum Gasteiger partial charge on any atom is -0.305 e. The molecule has 0 radical (unpaired) electrons. The zero-order valence-corrected chi connectivity index (χ0v) is 9.76. The molecular formula is C11H11ClN2O2. The molecule has 4 nitrogen and oxygen atoms in total. The summed E-state index contributed by atoms with van der Waals surface area (Å²) in [7, 11) is 1.67. The number of halogens is 1. The third-order valence-corrected chi connectivity index (χ3v) is 2.86. The van der Waals surface area contributed by atoms with Crippen LogP contribution in [0.4, 0.5) is 0 Å².